The molecule has 136 valence electrons. The van der Waals surface area contributed by atoms with Crippen LogP contribution in [0.25, 0.3) is 0 Å². The summed E-state index contributed by atoms with van der Waals surface area (Å²) in [6.45, 7) is 0.411. The van der Waals surface area contributed by atoms with Gasteiger partial charge in [0, 0.05) is 6.54 Å². The van der Waals surface area contributed by atoms with E-state index in [4.69, 9.17) is 27.9 Å². The van der Waals surface area contributed by atoms with E-state index in [9.17, 15) is 9.59 Å². The summed E-state index contributed by atoms with van der Waals surface area (Å²) < 4.78 is 5.10. The van der Waals surface area contributed by atoms with Gasteiger partial charge in [-0.2, -0.15) is 0 Å². The van der Waals surface area contributed by atoms with Crippen LogP contribution >= 0.6 is 23.2 Å². The molecule has 0 bridgehead atoms. The predicted octanol–water partition coefficient (Wildman–Crippen LogP) is 3.89. The van der Waals surface area contributed by atoms with E-state index in [2.05, 4.69) is 10.6 Å². The average Bonchev–Trinajstić information content (AvgIpc) is 3.45. The van der Waals surface area contributed by atoms with Crippen molar-refractivity contribution in [3.8, 4) is 5.75 Å². The van der Waals surface area contributed by atoms with Crippen LogP contribution in [-0.4, -0.2) is 18.9 Å². The molecule has 26 heavy (non-hydrogen) atoms. The fourth-order valence-electron chi connectivity index (χ4n) is 2.66. The maximum absolute atomic E-state index is 12.3. The molecule has 0 aliphatic heterocycles. The van der Waals surface area contributed by atoms with Crippen molar-refractivity contribution in [1.82, 2.24) is 5.32 Å². The number of carbonyl (C=O) groups excluding carboxylic acids is 2. The van der Waals surface area contributed by atoms with Crippen molar-refractivity contribution in [3.63, 3.8) is 0 Å². The minimum atomic E-state index is -0.346. The second kappa shape index (κ2) is 7.98. The highest BCUT2D eigenvalue weighted by atomic mass is 35.5. The molecule has 2 aromatic carbocycles. The molecule has 2 N–H and O–H groups in total. The number of benzene rings is 2. The zero-order valence-electron chi connectivity index (χ0n) is 14.1. The summed E-state index contributed by atoms with van der Waals surface area (Å²) in [5.41, 5.74) is 1.42. The lowest BCUT2D eigenvalue weighted by Crippen LogP contribution is -2.27. The number of amides is 2. The van der Waals surface area contributed by atoms with Gasteiger partial charge < -0.3 is 15.4 Å². The van der Waals surface area contributed by atoms with Gasteiger partial charge in [0.2, 0.25) is 11.8 Å². The van der Waals surface area contributed by atoms with E-state index >= 15 is 0 Å². The van der Waals surface area contributed by atoms with Gasteiger partial charge in [0.25, 0.3) is 0 Å². The molecule has 2 amide bonds. The van der Waals surface area contributed by atoms with Gasteiger partial charge >= 0.3 is 0 Å². The van der Waals surface area contributed by atoms with Crippen LogP contribution in [0.3, 0.4) is 0 Å². The van der Waals surface area contributed by atoms with E-state index in [1.54, 1.807) is 25.3 Å². The highest BCUT2D eigenvalue weighted by Crippen LogP contribution is 2.40. The Kier molecular flexibility index (Phi) is 5.69. The molecular weight excluding hydrogens is 375 g/mol. The van der Waals surface area contributed by atoms with Crippen molar-refractivity contribution in [2.45, 2.75) is 13.0 Å². The van der Waals surface area contributed by atoms with E-state index in [0.29, 0.717) is 28.7 Å². The molecule has 0 saturated heterocycles. The molecule has 7 heteroatoms. The van der Waals surface area contributed by atoms with E-state index in [-0.39, 0.29) is 23.7 Å². The molecule has 0 aromatic heterocycles. The minimum absolute atomic E-state index is 0.127. The van der Waals surface area contributed by atoms with E-state index in [1.807, 2.05) is 24.3 Å². The number of hydrogen-bond acceptors (Lipinski definition) is 3. The van der Waals surface area contributed by atoms with Gasteiger partial charge in [-0.05, 0) is 36.2 Å². The molecule has 1 saturated carbocycles. The lowest BCUT2D eigenvalue weighted by Gasteiger charge is -2.08. The maximum Gasteiger partial charge on any atom is 0.228 e. The van der Waals surface area contributed by atoms with Crippen LogP contribution < -0.4 is 15.4 Å². The Labute approximate surface area is 161 Å². The van der Waals surface area contributed by atoms with Crippen LogP contribution in [0.4, 0.5) is 5.69 Å². The Hall–Kier alpha value is -2.24. The van der Waals surface area contributed by atoms with Gasteiger partial charge in [-0.25, -0.2) is 0 Å². The largest absolute Gasteiger partial charge is 0.497 e. The van der Waals surface area contributed by atoms with Crippen LogP contribution in [0.1, 0.15) is 12.0 Å². The lowest BCUT2D eigenvalue weighted by atomic mass is 10.2. The van der Waals surface area contributed by atoms with Gasteiger partial charge in [-0.1, -0.05) is 41.4 Å². The van der Waals surface area contributed by atoms with E-state index in [0.717, 1.165) is 11.3 Å². The first-order valence-corrected chi connectivity index (χ1v) is 8.90. The first-order chi connectivity index (χ1) is 12.5. The number of ether oxygens (including phenoxy) is 1. The SMILES string of the molecule is COc1ccc(CNC(=O)C2CC2C(=O)Nc2cccc(Cl)c2Cl)cc1. The molecule has 0 spiro atoms. The Morgan fingerprint density at radius 1 is 1.08 bits per heavy atom. The predicted molar refractivity (Wildman–Crippen MR) is 102 cm³/mol. The van der Waals surface area contributed by atoms with Gasteiger partial charge in [0.05, 0.1) is 34.7 Å². The molecule has 2 atom stereocenters. The van der Waals surface area contributed by atoms with Crippen molar-refractivity contribution in [2.24, 2.45) is 11.8 Å². The minimum Gasteiger partial charge on any atom is -0.497 e. The van der Waals surface area contributed by atoms with Crippen molar-refractivity contribution < 1.29 is 14.3 Å². The molecule has 1 aliphatic rings. The Balaban J connectivity index is 1.50. The zero-order valence-corrected chi connectivity index (χ0v) is 15.6. The number of methoxy groups -OCH3 is 1. The molecule has 1 fully saturated rings. The summed E-state index contributed by atoms with van der Waals surface area (Å²) in [4.78, 5) is 24.5. The normalized spacial score (nSPS) is 18.1. The lowest BCUT2D eigenvalue weighted by molar-refractivity contribution is -0.125. The van der Waals surface area contributed by atoms with Crippen molar-refractivity contribution in [2.75, 3.05) is 12.4 Å². The summed E-state index contributed by atoms with van der Waals surface area (Å²) in [5.74, 6) is -0.247. The Morgan fingerprint density at radius 2 is 1.77 bits per heavy atom. The summed E-state index contributed by atoms with van der Waals surface area (Å²) >= 11 is 12.0. The molecule has 0 heterocycles. The Bertz CT molecular complexity index is 824. The Morgan fingerprint density at radius 3 is 2.46 bits per heavy atom. The highest BCUT2D eigenvalue weighted by Gasteiger charge is 2.48. The van der Waals surface area contributed by atoms with Crippen molar-refractivity contribution in [1.29, 1.82) is 0 Å². The van der Waals surface area contributed by atoms with Crippen LogP contribution in [0.2, 0.25) is 10.0 Å². The maximum atomic E-state index is 12.3. The topological polar surface area (TPSA) is 67.4 Å². The fraction of sp³-hybridized carbons (Fsp3) is 0.263. The molecule has 2 aromatic rings. The number of nitrogens with one attached hydrogen (secondary N) is 2. The van der Waals surface area contributed by atoms with E-state index < -0.39 is 0 Å². The first-order valence-electron chi connectivity index (χ1n) is 8.15. The fourth-order valence-corrected chi connectivity index (χ4v) is 3.01. The third-order valence-electron chi connectivity index (χ3n) is 4.30. The van der Waals surface area contributed by atoms with E-state index in [1.165, 1.54) is 0 Å². The molecule has 1 aliphatic carbocycles. The average molecular weight is 393 g/mol. The zero-order chi connectivity index (χ0) is 18.7. The van der Waals surface area contributed by atoms with Crippen molar-refractivity contribution >= 4 is 40.7 Å². The van der Waals surface area contributed by atoms with Crippen LogP contribution in [0.5, 0.6) is 5.75 Å². The number of halogens is 2. The van der Waals surface area contributed by atoms with Crippen LogP contribution in [-0.2, 0) is 16.1 Å². The second-order valence-corrected chi connectivity index (χ2v) is 6.89. The van der Waals surface area contributed by atoms with Gasteiger partial charge in [-0.3, -0.25) is 9.59 Å². The highest BCUT2D eigenvalue weighted by molar-refractivity contribution is 6.44. The molecule has 2 unspecified atom stereocenters. The van der Waals surface area contributed by atoms with Crippen LogP contribution in [0.15, 0.2) is 42.5 Å². The quantitative estimate of drug-likeness (QED) is 0.783. The smallest absolute Gasteiger partial charge is 0.228 e. The molecule has 5 nitrogen and oxygen atoms in total. The number of carbonyl (C=O) groups is 2. The monoisotopic (exact) mass is 392 g/mol. The molecular formula is C19H18Cl2N2O3. The summed E-state index contributed by atoms with van der Waals surface area (Å²) in [6, 6.07) is 12.5. The van der Waals surface area contributed by atoms with Crippen LogP contribution in [0, 0.1) is 11.8 Å². The summed E-state index contributed by atoms with van der Waals surface area (Å²) in [6.07, 6.45) is 0.526. The number of anilines is 1. The van der Waals surface area contributed by atoms with Gasteiger partial charge in [0.15, 0.2) is 0 Å². The van der Waals surface area contributed by atoms with Gasteiger partial charge in [0.1, 0.15) is 5.75 Å². The first kappa shape index (κ1) is 18.5. The van der Waals surface area contributed by atoms with Crippen molar-refractivity contribution in [3.05, 3.63) is 58.1 Å². The third-order valence-corrected chi connectivity index (χ3v) is 5.12. The number of rotatable bonds is 6. The molecule has 0 radical (unpaired) electrons. The number of hydrogen-bond donors (Lipinski definition) is 2. The standard InChI is InChI=1S/C19H18Cl2N2O3/c1-26-12-7-5-11(6-8-12)10-22-18(24)13-9-14(13)19(25)23-16-4-2-3-15(20)17(16)21/h2-8,13-14H,9-10H2,1H3,(H,22,24)(H,23,25). The summed E-state index contributed by atoms with van der Waals surface area (Å²) in [5, 5.41) is 6.26. The third kappa shape index (κ3) is 4.29. The molecule has 3 rings (SSSR count). The second-order valence-electron chi connectivity index (χ2n) is 6.11. The van der Waals surface area contributed by atoms with Gasteiger partial charge in [-0.15, -0.1) is 0 Å². The summed E-state index contributed by atoms with van der Waals surface area (Å²) in [7, 11) is 1.60.